The van der Waals surface area contributed by atoms with Gasteiger partial charge in [-0.3, -0.25) is 19.0 Å². The average Bonchev–Trinajstić information content (AvgIpc) is 3.43. The van der Waals surface area contributed by atoms with Crippen LogP contribution in [0.2, 0.25) is 5.02 Å². The van der Waals surface area contributed by atoms with Crippen molar-refractivity contribution in [1.29, 1.82) is 0 Å². The molecule has 11 heteroatoms. The lowest BCUT2D eigenvalue weighted by Gasteiger charge is -2.39. The molecular weight excluding hydrogens is 526 g/mol. The summed E-state index contributed by atoms with van der Waals surface area (Å²) in [7, 11) is 0. The minimum Gasteiger partial charge on any atom is -0.377 e. The molecule has 1 saturated carbocycles. The zero-order valence-corrected chi connectivity index (χ0v) is 22.7. The maximum absolute atomic E-state index is 13.6. The standard InChI is InChI=1S/C27H28ClN5O4S/c1-14-12-37-8-7-32(14)25(35)15-3-4-16-20(9-15)38-24-21(16)23(29-13-30-24)31-18-10-17(28)22-19(34)11-27(5-2-6-27)33(22)26(18)36/h10,13-15H,2-9,11-12H2,1H3,(H,29,30,31)/t14-,15+/m1/s1. The normalized spacial score (nSPS) is 23.8. The maximum atomic E-state index is 13.6. The third-order valence-electron chi connectivity index (χ3n) is 8.77. The van der Waals surface area contributed by atoms with E-state index in [-0.39, 0.29) is 34.2 Å². The van der Waals surface area contributed by atoms with E-state index in [0.29, 0.717) is 49.8 Å². The number of carbonyl (C=O) groups excluding carboxylic acids is 2. The number of amides is 1. The molecule has 9 nitrogen and oxygen atoms in total. The molecule has 0 radical (unpaired) electrons. The second-order valence-corrected chi connectivity index (χ2v) is 12.5. The first-order valence-corrected chi connectivity index (χ1v) is 14.5. The molecule has 2 aliphatic carbocycles. The van der Waals surface area contributed by atoms with Gasteiger partial charge in [0, 0.05) is 23.8 Å². The summed E-state index contributed by atoms with van der Waals surface area (Å²) < 4.78 is 7.14. The van der Waals surface area contributed by atoms with Gasteiger partial charge in [-0.2, -0.15) is 0 Å². The zero-order chi connectivity index (χ0) is 26.2. The van der Waals surface area contributed by atoms with Crippen LogP contribution < -0.4 is 10.9 Å². The Kier molecular flexibility index (Phi) is 5.65. The van der Waals surface area contributed by atoms with Crippen molar-refractivity contribution in [1.82, 2.24) is 19.4 Å². The number of nitrogens with zero attached hydrogens (tertiary/aromatic N) is 4. The largest absolute Gasteiger partial charge is 0.377 e. The van der Waals surface area contributed by atoms with Gasteiger partial charge >= 0.3 is 0 Å². The average molecular weight is 554 g/mol. The van der Waals surface area contributed by atoms with Gasteiger partial charge in [-0.15, -0.1) is 11.3 Å². The van der Waals surface area contributed by atoms with Crippen LogP contribution in [0, 0.1) is 5.92 Å². The number of morpholine rings is 1. The summed E-state index contributed by atoms with van der Waals surface area (Å²) in [5.41, 5.74) is 1.10. The lowest BCUT2D eigenvalue weighted by molar-refractivity contribution is -0.143. The van der Waals surface area contributed by atoms with Gasteiger partial charge in [0.25, 0.3) is 5.56 Å². The minimum absolute atomic E-state index is 0.0585. The van der Waals surface area contributed by atoms with E-state index in [1.165, 1.54) is 6.33 Å². The van der Waals surface area contributed by atoms with Crippen LogP contribution in [0.5, 0.6) is 0 Å². The van der Waals surface area contributed by atoms with Gasteiger partial charge in [0.05, 0.1) is 35.2 Å². The number of nitrogens with one attached hydrogen (secondary N) is 1. The molecule has 1 N–H and O–H groups in total. The monoisotopic (exact) mass is 553 g/mol. The molecule has 0 bridgehead atoms. The lowest BCUT2D eigenvalue weighted by Crippen LogP contribution is -2.50. The first-order valence-electron chi connectivity index (χ1n) is 13.3. The van der Waals surface area contributed by atoms with Gasteiger partial charge in [0.1, 0.15) is 28.4 Å². The molecule has 3 aromatic rings. The van der Waals surface area contributed by atoms with Crippen LogP contribution in [0.4, 0.5) is 11.5 Å². The summed E-state index contributed by atoms with van der Waals surface area (Å²) in [6.45, 7) is 3.85. The molecule has 0 aromatic carbocycles. The van der Waals surface area contributed by atoms with Gasteiger partial charge in [-0.25, -0.2) is 9.97 Å². The second kappa shape index (κ2) is 8.86. The number of aryl methyl sites for hydroxylation is 1. The topological polar surface area (TPSA) is 106 Å². The van der Waals surface area contributed by atoms with E-state index in [0.717, 1.165) is 52.8 Å². The minimum atomic E-state index is -0.438. The van der Waals surface area contributed by atoms with Crippen molar-refractivity contribution in [2.75, 3.05) is 25.1 Å². The van der Waals surface area contributed by atoms with Crippen LogP contribution in [0.25, 0.3) is 10.2 Å². The van der Waals surface area contributed by atoms with Crippen LogP contribution >= 0.6 is 22.9 Å². The van der Waals surface area contributed by atoms with Gasteiger partial charge in [-0.05, 0) is 57.1 Å². The van der Waals surface area contributed by atoms with Gasteiger partial charge in [-0.1, -0.05) is 11.6 Å². The fourth-order valence-corrected chi connectivity index (χ4v) is 8.23. The number of thiophene rings is 1. The first-order chi connectivity index (χ1) is 18.4. The maximum Gasteiger partial charge on any atom is 0.275 e. The highest BCUT2D eigenvalue weighted by atomic mass is 35.5. The fourth-order valence-electron chi connectivity index (χ4n) is 6.66. The van der Waals surface area contributed by atoms with Gasteiger partial charge < -0.3 is 15.0 Å². The van der Waals surface area contributed by atoms with E-state index < -0.39 is 5.54 Å². The molecule has 2 aliphatic heterocycles. The Morgan fingerprint density at radius 3 is 2.89 bits per heavy atom. The molecule has 5 heterocycles. The van der Waals surface area contributed by atoms with Crippen molar-refractivity contribution in [3.05, 3.63) is 43.9 Å². The van der Waals surface area contributed by atoms with Crippen LogP contribution in [-0.2, 0) is 27.9 Å². The fraction of sp³-hybridized carbons (Fsp3) is 0.519. The second-order valence-electron chi connectivity index (χ2n) is 11.0. The lowest BCUT2D eigenvalue weighted by atomic mass is 9.75. The molecule has 1 amide bonds. The Morgan fingerprint density at radius 1 is 1.29 bits per heavy atom. The van der Waals surface area contributed by atoms with Crippen molar-refractivity contribution in [3.63, 3.8) is 0 Å². The predicted molar refractivity (Wildman–Crippen MR) is 145 cm³/mol. The van der Waals surface area contributed by atoms with E-state index in [1.54, 1.807) is 22.0 Å². The molecule has 7 rings (SSSR count). The summed E-state index contributed by atoms with van der Waals surface area (Å²) in [5.74, 6) is 0.635. The molecule has 3 aromatic heterocycles. The van der Waals surface area contributed by atoms with Gasteiger partial charge in [0.15, 0.2) is 5.78 Å². The van der Waals surface area contributed by atoms with E-state index in [2.05, 4.69) is 15.3 Å². The van der Waals surface area contributed by atoms with Crippen LogP contribution in [0.15, 0.2) is 17.2 Å². The number of Topliss-reactive ketones (excluding diaryl/α,β-unsaturated/α-hetero) is 1. The van der Waals surface area contributed by atoms with Crippen molar-refractivity contribution < 1.29 is 14.3 Å². The third-order valence-corrected chi connectivity index (χ3v) is 10.2. The van der Waals surface area contributed by atoms with Crippen LogP contribution in [0.1, 0.15) is 60.0 Å². The summed E-state index contributed by atoms with van der Waals surface area (Å²) >= 11 is 8.15. The molecule has 2 fully saturated rings. The number of hydrogen-bond acceptors (Lipinski definition) is 8. The Bertz CT molecular complexity index is 1560. The third kappa shape index (κ3) is 3.56. The van der Waals surface area contributed by atoms with Crippen LogP contribution in [-0.4, -0.2) is 56.9 Å². The molecule has 0 unspecified atom stereocenters. The number of hydrogen-bond donors (Lipinski definition) is 1. The summed E-state index contributed by atoms with van der Waals surface area (Å²) in [6.07, 6.45) is 6.63. The molecule has 1 saturated heterocycles. The quantitative estimate of drug-likeness (QED) is 0.521. The summed E-state index contributed by atoms with van der Waals surface area (Å²) in [6, 6.07) is 1.64. The first kappa shape index (κ1) is 24.2. The smallest absolute Gasteiger partial charge is 0.275 e. The van der Waals surface area contributed by atoms with E-state index in [1.807, 2.05) is 11.8 Å². The molecule has 4 aliphatic rings. The highest BCUT2D eigenvalue weighted by Gasteiger charge is 2.49. The van der Waals surface area contributed by atoms with Crippen molar-refractivity contribution in [3.8, 4) is 0 Å². The summed E-state index contributed by atoms with van der Waals surface area (Å²) in [4.78, 5) is 52.6. The number of carbonyl (C=O) groups is 2. The molecular formula is C27H28ClN5O4S. The van der Waals surface area contributed by atoms with Gasteiger partial charge in [0.2, 0.25) is 5.91 Å². The zero-order valence-electron chi connectivity index (χ0n) is 21.1. The molecule has 2 atom stereocenters. The summed E-state index contributed by atoms with van der Waals surface area (Å²) in [5, 5.41) is 4.44. The van der Waals surface area contributed by atoms with E-state index >= 15 is 0 Å². The van der Waals surface area contributed by atoms with Crippen molar-refractivity contribution in [2.45, 2.75) is 63.5 Å². The Hall–Kier alpha value is -2.82. The Morgan fingerprint density at radius 2 is 2.13 bits per heavy atom. The highest BCUT2D eigenvalue weighted by molar-refractivity contribution is 7.19. The number of aromatic nitrogens is 3. The number of pyridine rings is 1. The highest BCUT2D eigenvalue weighted by Crippen LogP contribution is 2.48. The number of halogens is 1. The predicted octanol–water partition coefficient (Wildman–Crippen LogP) is 4.07. The van der Waals surface area contributed by atoms with E-state index in [9.17, 15) is 14.4 Å². The molecule has 1 spiro atoms. The number of rotatable bonds is 3. The number of ketones is 1. The van der Waals surface area contributed by atoms with Crippen molar-refractivity contribution >= 4 is 56.4 Å². The molecule has 198 valence electrons. The number of anilines is 2. The Balaban J connectivity index is 1.22. The van der Waals surface area contributed by atoms with E-state index in [4.69, 9.17) is 16.3 Å². The van der Waals surface area contributed by atoms with Crippen LogP contribution in [0.3, 0.4) is 0 Å². The Labute approximate surface area is 228 Å². The molecule has 38 heavy (non-hydrogen) atoms. The number of fused-ring (bicyclic) bond motifs is 5. The van der Waals surface area contributed by atoms with Crippen molar-refractivity contribution in [2.24, 2.45) is 5.92 Å². The number of ether oxygens (including phenoxy) is 1. The SMILES string of the molecule is C[C@@H]1COCCN1C(=O)[C@H]1CCc2c(sc3ncnc(Nc4cc(Cl)c5n(c4=O)C4(CCC4)CC5=O)c23)C1.